The van der Waals surface area contributed by atoms with E-state index in [0.717, 1.165) is 38.5 Å². The Balaban J connectivity index is 1.40. The van der Waals surface area contributed by atoms with Crippen molar-refractivity contribution in [2.45, 2.75) is 13.2 Å². The molecule has 152 valence electrons. The number of aromatic nitrogens is 2. The van der Waals surface area contributed by atoms with Crippen LogP contribution >= 0.6 is 12.2 Å². The monoisotopic (exact) mass is 412 g/mol. The van der Waals surface area contributed by atoms with Gasteiger partial charge in [0, 0.05) is 37.7 Å². The summed E-state index contributed by atoms with van der Waals surface area (Å²) >= 11 is 5.58. The molecule has 1 aliphatic heterocycles. The third-order valence-corrected chi connectivity index (χ3v) is 5.52. The smallest absolute Gasteiger partial charge is 0.185 e. The second-order valence-corrected chi connectivity index (χ2v) is 7.69. The minimum Gasteiger partial charge on any atom is -0.378 e. The van der Waals surface area contributed by atoms with E-state index in [2.05, 4.69) is 41.1 Å². The summed E-state index contributed by atoms with van der Waals surface area (Å²) in [7, 11) is 2.07. The first-order valence-electron chi connectivity index (χ1n) is 9.74. The fourth-order valence-corrected chi connectivity index (χ4v) is 3.88. The van der Waals surface area contributed by atoms with Crippen LogP contribution in [-0.2, 0) is 18.0 Å². The lowest BCUT2D eigenvalue weighted by Gasteiger charge is -2.29. The zero-order valence-corrected chi connectivity index (χ0v) is 17.3. The molecule has 4 rings (SSSR count). The molecule has 0 N–H and O–H groups in total. The molecule has 1 aliphatic rings. The number of imidazole rings is 1. The predicted octanol–water partition coefficient (Wildman–Crippen LogP) is 4.07. The molecule has 29 heavy (non-hydrogen) atoms. The van der Waals surface area contributed by atoms with E-state index in [1.54, 1.807) is 6.07 Å². The van der Waals surface area contributed by atoms with Crippen LogP contribution in [0.25, 0.3) is 5.69 Å². The standard InChI is InChI=1S/C22H25FN4OS/c1-24(16-18-5-7-20(8-6-18)25-11-13-28-14-12-25)17-26-9-10-27(22(26)29)21-4-2-3-19(23)15-21/h2-10,15H,11-14,16-17H2,1H3. The van der Waals surface area contributed by atoms with Crippen LogP contribution < -0.4 is 4.90 Å². The molecule has 1 fully saturated rings. The summed E-state index contributed by atoms with van der Waals surface area (Å²) < 4.78 is 23.4. The molecule has 7 heteroatoms. The zero-order valence-electron chi connectivity index (χ0n) is 16.5. The highest BCUT2D eigenvalue weighted by atomic mass is 32.1. The SMILES string of the molecule is CN(Cc1ccc(N2CCOCC2)cc1)Cn1ccn(-c2cccc(F)c2)c1=S. The third-order valence-electron chi connectivity index (χ3n) is 5.09. The molecule has 0 bridgehead atoms. The molecule has 1 saturated heterocycles. The minimum absolute atomic E-state index is 0.269. The minimum atomic E-state index is -0.269. The fraction of sp³-hybridized carbons (Fsp3) is 0.318. The maximum atomic E-state index is 13.5. The summed E-state index contributed by atoms with van der Waals surface area (Å²) in [4.78, 5) is 4.56. The van der Waals surface area contributed by atoms with Crippen LogP contribution in [0, 0.1) is 10.6 Å². The summed E-state index contributed by atoms with van der Waals surface area (Å²) in [5.74, 6) is -0.269. The van der Waals surface area contributed by atoms with Crippen molar-refractivity contribution in [2.24, 2.45) is 0 Å². The van der Waals surface area contributed by atoms with Crippen LogP contribution in [0.2, 0.25) is 0 Å². The van der Waals surface area contributed by atoms with Gasteiger partial charge in [0.05, 0.1) is 25.6 Å². The van der Waals surface area contributed by atoms with Gasteiger partial charge in [-0.1, -0.05) is 18.2 Å². The van der Waals surface area contributed by atoms with Crippen molar-refractivity contribution in [3.8, 4) is 5.69 Å². The number of nitrogens with zero attached hydrogens (tertiary/aromatic N) is 4. The molecule has 0 spiro atoms. The number of anilines is 1. The van der Waals surface area contributed by atoms with Crippen LogP contribution in [0.15, 0.2) is 60.9 Å². The van der Waals surface area contributed by atoms with E-state index in [1.165, 1.54) is 23.4 Å². The Morgan fingerprint density at radius 1 is 1.03 bits per heavy atom. The lowest BCUT2D eigenvalue weighted by Crippen LogP contribution is -2.36. The van der Waals surface area contributed by atoms with Crippen molar-refractivity contribution in [1.29, 1.82) is 0 Å². The number of morpholine rings is 1. The highest BCUT2D eigenvalue weighted by Gasteiger charge is 2.11. The van der Waals surface area contributed by atoms with Gasteiger partial charge in [0.1, 0.15) is 5.82 Å². The number of rotatable bonds is 6. The van der Waals surface area contributed by atoms with Gasteiger partial charge in [-0.2, -0.15) is 0 Å². The van der Waals surface area contributed by atoms with Crippen LogP contribution in [-0.4, -0.2) is 47.4 Å². The van der Waals surface area contributed by atoms with Gasteiger partial charge < -0.3 is 14.2 Å². The Morgan fingerprint density at radius 2 is 1.79 bits per heavy atom. The Morgan fingerprint density at radius 3 is 2.52 bits per heavy atom. The summed E-state index contributed by atoms with van der Waals surface area (Å²) in [6.07, 6.45) is 3.81. The van der Waals surface area contributed by atoms with Crippen molar-refractivity contribution < 1.29 is 9.13 Å². The van der Waals surface area contributed by atoms with Gasteiger partial charge >= 0.3 is 0 Å². The van der Waals surface area contributed by atoms with Gasteiger partial charge in [0.25, 0.3) is 0 Å². The van der Waals surface area contributed by atoms with Gasteiger partial charge in [0.15, 0.2) is 4.77 Å². The molecule has 0 saturated carbocycles. The van der Waals surface area contributed by atoms with E-state index in [0.29, 0.717) is 11.4 Å². The average Bonchev–Trinajstić information content (AvgIpc) is 3.09. The van der Waals surface area contributed by atoms with E-state index >= 15 is 0 Å². The van der Waals surface area contributed by atoms with Gasteiger partial charge in [0.2, 0.25) is 0 Å². The van der Waals surface area contributed by atoms with Crippen molar-refractivity contribution in [3.63, 3.8) is 0 Å². The third kappa shape index (κ3) is 4.75. The quantitative estimate of drug-likeness (QED) is 0.570. The lowest BCUT2D eigenvalue weighted by molar-refractivity contribution is 0.122. The maximum Gasteiger partial charge on any atom is 0.185 e. The largest absolute Gasteiger partial charge is 0.378 e. The number of halogens is 1. The molecule has 3 aromatic rings. The molecule has 0 aliphatic carbocycles. The van der Waals surface area contributed by atoms with E-state index in [1.807, 2.05) is 27.6 Å². The first kappa shape index (κ1) is 19.8. The van der Waals surface area contributed by atoms with Gasteiger partial charge in [-0.05, 0) is 55.2 Å². The topological polar surface area (TPSA) is 25.6 Å². The molecule has 2 heterocycles. The molecular formula is C22H25FN4OS. The highest BCUT2D eigenvalue weighted by molar-refractivity contribution is 7.71. The van der Waals surface area contributed by atoms with Gasteiger partial charge in [-0.15, -0.1) is 0 Å². The summed E-state index contributed by atoms with van der Waals surface area (Å²) in [5, 5.41) is 0. The van der Waals surface area contributed by atoms with E-state index < -0.39 is 0 Å². The van der Waals surface area contributed by atoms with Crippen molar-refractivity contribution in [1.82, 2.24) is 14.0 Å². The van der Waals surface area contributed by atoms with Gasteiger partial charge in [-0.3, -0.25) is 9.47 Å². The molecule has 5 nitrogen and oxygen atoms in total. The molecule has 0 unspecified atom stereocenters. The zero-order chi connectivity index (χ0) is 20.2. The second kappa shape index (κ2) is 8.90. The molecule has 0 radical (unpaired) electrons. The van der Waals surface area contributed by atoms with Crippen LogP contribution in [0.3, 0.4) is 0 Å². The fourth-order valence-electron chi connectivity index (χ4n) is 3.60. The molecule has 1 aromatic heterocycles. The Hall–Kier alpha value is -2.48. The molecular weight excluding hydrogens is 387 g/mol. The summed E-state index contributed by atoms with van der Waals surface area (Å²) in [6, 6.07) is 15.2. The number of hydrogen-bond acceptors (Lipinski definition) is 4. The number of ether oxygens (including phenoxy) is 1. The van der Waals surface area contributed by atoms with E-state index in [-0.39, 0.29) is 5.82 Å². The predicted molar refractivity (Wildman–Crippen MR) is 115 cm³/mol. The summed E-state index contributed by atoms with van der Waals surface area (Å²) in [6.45, 7) is 4.95. The van der Waals surface area contributed by atoms with Crippen LogP contribution in [0.1, 0.15) is 5.56 Å². The Bertz CT molecular complexity index is 1010. The Labute approximate surface area is 175 Å². The first-order chi connectivity index (χ1) is 14.1. The maximum absolute atomic E-state index is 13.5. The normalized spacial score (nSPS) is 14.5. The highest BCUT2D eigenvalue weighted by Crippen LogP contribution is 2.18. The lowest BCUT2D eigenvalue weighted by atomic mass is 10.2. The Kier molecular flexibility index (Phi) is 6.08. The summed E-state index contributed by atoms with van der Waals surface area (Å²) in [5.41, 5.74) is 3.23. The number of benzene rings is 2. The van der Waals surface area contributed by atoms with Gasteiger partial charge in [-0.25, -0.2) is 4.39 Å². The molecule has 2 aromatic carbocycles. The van der Waals surface area contributed by atoms with Crippen LogP contribution in [0.5, 0.6) is 0 Å². The molecule has 0 atom stereocenters. The van der Waals surface area contributed by atoms with E-state index in [4.69, 9.17) is 17.0 Å². The second-order valence-electron chi connectivity index (χ2n) is 7.32. The van der Waals surface area contributed by atoms with Crippen LogP contribution in [0.4, 0.5) is 10.1 Å². The molecule has 0 amide bonds. The van der Waals surface area contributed by atoms with Crippen molar-refractivity contribution in [2.75, 3.05) is 38.3 Å². The number of hydrogen-bond donors (Lipinski definition) is 0. The van der Waals surface area contributed by atoms with E-state index in [9.17, 15) is 4.39 Å². The van der Waals surface area contributed by atoms with Crippen molar-refractivity contribution >= 4 is 17.9 Å². The van der Waals surface area contributed by atoms with Crippen molar-refractivity contribution in [3.05, 3.63) is 77.1 Å². The average molecular weight is 413 g/mol. The first-order valence-corrected chi connectivity index (χ1v) is 10.1.